The minimum absolute atomic E-state index is 0.0827. The van der Waals surface area contributed by atoms with Gasteiger partial charge in [-0.15, -0.1) is 0 Å². The zero-order valence-electron chi connectivity index (χ0n) is 6.92. The minimum Gasteiger partial charge on any atom is -0.326 e. The molecule has 0 radical (unpaired) electrons. The van der Waals surface area contributed by atoms with Crippen LogP contribution < -0.4 is 5.32 Å². The van der Waals surface area contributed by atoms with Crippen molar-refractivity contribution >= 4 is 5.91 Å². The quantitative estimate of drug-likeness (QED) is 0.612. The molecule has 0 aromatic rings. The molecule has 1 N–H and O–H groups in total. The number of hydrogen-bond donors (Lipinski definition) is 1. The zero-order valence-corrected chi connectivity index (χ0v) is 6.92. The molecular weight excluding hydrogens is 138 g/mol. The van der Waals surface area contributed by atoms with E-state index in [1.54, 1.807) is 12.2 Å². The van der Waals surface area contributed by atoms with E-state index >= 15 is 0 Å². The molecule has 60 valence electrons. The summed E-state index contributed by atoms with van der Waals surface area (Å²) in [5.74, 6) is -0.0827. The molecule has 0 saturated heterocycles. The first-order valence-electron chi connectivity index (χ1n) is 3.43. The van der Waals surface area contributed by atoms with Gasteiger partial charge in [-0.2, -0.15) is 0 Å². The summed E-state index contributed by atoms with van der Waals surface area (Å²) >= 11 is 0. The lowest BCUT2D eigenvalue weighted by Gasteiger charge is -1.99. The minimum atomic E-state index is -0.0827. The van der Waals surface area contributed by atoms with E-state index in [0.29, 0.717) is 0 Å². The normalized spacial score (nSPS) is 11.6. The highest BCUT2D eigenvalue weighted by Crippen LogP contribution is 1.90. The van der Waals surface area contributed by atoms with E-state index in [-0.39, 0.29) is 5.91 Å². The molecule has 0 atom stereocenters. The first-order chi connectivity index (χ1) is 5.20. The molecule has 0 aromatic carbocycles. The van der Waals surface area contributed by atoms with Crippen LogP contribution in [0.5, 0.6) is 0 Å². The topological polar surface area (TPSA) is 29.1 Å². The van der Waals surface area contributed by atoms with Crippen LogP contribution in [0.25, 0.3) is 0 Å². The molecular formula is C9H13NO. The average Bonchev–Trinajstić information content (AvgIpc) is 1.97. The van der Waals surface area contributed by atoms with Crippen molar-refractivity contribution in [2.45, 2.75) is 13.8 Å². The van der Waals surface area contributed by atoms with Crippen molar-refractivity contribution in [3.63, 3.8) is 0 Å². The second-order valence-corrected chi connectivity index (χ2v) is 2.03. The molecule has 0 fully saturated rings. The molecule has 11 heavy (non-hydrogen) atoms. The van der Waals surface area contributed by atoms with E-state index in [0.717, 1.165) is 5.70 Å². The van der Waals surface area contributed by atoms with Crippen molar-refractivity contribution in [1.29, 1.82) is 0 Å². The van der Waals surface area contributed by atoms with Crippen molar-refractivity contribution in [3.8, 4) is 0 Å². The third kappa shape index (κ3) is 5.15. The number of amides is 1. The molecule has 0 aromatic heterocycles. The lowest BCUT2D eigenvalue weighted by Crippen LogP contribution is -2.17. The second kappa shape index (κ2) is 5.47. The third-order valence-electron chi connectivity index (χ3n) is 1.01. The van der Waals surface area contributed by atoms with Crippen molar-refractivity contribution in [2.75, 3.05) is 0 Å². The monoisotopic (exact) mass is 151 g/mol. The van der Waals surface area contributed by atoms with E-state index in [9.17, 15) is 4.79 Å². The Bertz CT molecular complexity index is 202. The Morgan fingerprint density at radius 3 is 2.55 bits per heavy atom. The first kappa shape index (κ1) is 9.69. The smallest absolute Gasteiger partial charge is 0.221 e. The van der Waals surface area contributed by atoms with Crippen LogP contribution in [0, 0.1) is 0 Å². The Morgan fingerprint density at radius 2 is 2.18 bits per heavy atom. The summed E-state index contributed by atoms with van der Waals surface area (Å²) < 4.78 is 0. The van der Waals surface area contributed by atoms with E-state index in [4.69, 9.17) is 0 Å². The summed E-state index contributed by atoms with van der Waals surface area (Å²) in [6.07, 6.45) is 7.11. The van der Waals surface area contributed by atoms with Gasteiger partial charge in [0.1, 0.15) is 0 Å². The fourth-order valence-electron chi connectivity index (χ4n) is 0.564. The van der Waals surface area contributed by atoms with Gasteiger partial charge in [0.05, 0.1) is 0 Å². The molecule has 2 heteroatoms. The van der Waals surface area contributed by atoms with E-state index in [2.05, 4.69) is 11.9 Å². The van der Waals surface area contributed by atoms with Crippen LogP contribution in [0.4, 0.5) is 0 Å². The maximum Gasteiger partial charge on any atom is 0.221 e. The summed E-state index contributed by atoms with van der Waals surface area (Å²) in [4.78, 5) is 10.6. The van der Waals surface area contributed by atoms with Gasteiger partial charge in [-0.1, -0.05) is 18.7 Å². The number of carbonyl (C=O) groups excluding carboxylic acids is 1. The fraction of sp³-hybridized carbons (Fsp3) is 0.222. The highest BCUT2D eigenvalue weighted by Gasteiger charge is 1.90. The molecule has 0 saturated carbocycles. The van der Waals surface area contributed by atoms with Crippen molar-refractivity contribution in [2.24, 2.45) is 0 Å². The van der Waals surface area contributed by atoms with Gasteiger partial charge in [-0.05, 0) is 19.1 Å². The van der Waals surface area contributed by atoms with Gasteiger partial charge in [0.25, 0.3) is 0 Å². The Morgan fingerprint density at radius 1 is 1.55 bits per heavy atom. The van der Waals surface area contributed by atoms with E-state index in [1.165, 1.54) is 6.92 Å². The zero-order chi connectivity index (χ0) is 8.69. The third-order valence-corrected chi connectivity index (χ3v) is 1.01. The SMILES string of the molecule is C=C/C(=C\C=C/C)NC(C)=O. The Balaban J connectivity index is 4.15. The lowest BCUT2D eigenvalue weighted by molar-refractivity contribution is -0.118. The second-order valence-electron chi connectivity index (χ2n) is 2.03. The molecule has 0 bridgehead atoms. The number of carbonyl (C=O) groups is 1. The van der Waals surface area contributed by atoms with Gasteiger partial charge >= 0.3 is 0 Å². The fourth-order valence-corrected chi connectivity index (χ4v) is 0.564. The van der Waals surface area contributed by atoms with Gasteiger partial charge in [-0.25, -0.2) is 0 Å². The average molecular weight is 151 g/mol. The number of rotatable bonds is 3. The number of nitrogens with one attached hydrogen (secondary N) is 1. The number of allylic oxidation sites excluding steroid dienone is 4. The maximum atomic E-state index is 10.6. The molecule has 0 aliphatic rings. The van der Waals surface area contributed by atoms with Crippen molar-refractivity contribution < 1.29 is 4.79 Å². The van der Waals surface area contributed by atoms with Gasteiger partial charge in [-0.3, -0.25) is 4.79 Å². The van der Waals surface area contributed by atoms with E-state index in [1.807, 2.05) is 19.1 Å². The molecule has 0 aliphatic carbocycles. The van der Waals surface area contributed by atoms with Gasteiger partial charge in [0.2, 0.25) is 5.91 Å². The summed E-state index contributed by atoms with van der Waals surface area (Å²) in [6.45, 7) is 6.92. The molecule has 0 aliphatic heterocycles. The summed E-state index contributed by atoms with van der Waals surface area (Å²) in [5, 5.41) is 2.62. The van der Waals surface area contributed by atoms with Crippen LogP contribution in [0.3, 0.4) is 0 Å². The highest BCUT2D eigenvalue weighted by atomic mass is 16.1. The predicted octanol–water partition coefficient (Wildman–Crippen LogP) is 1.77. The van der Waals surface area contributed by atoms with Gasteiger partial charge in [0, 0.05) is 12.6 Å². The maximum absolute atomic E-state index is 10.6. The first-order valence-corrected chi connectivity index (χ1v) is 3.43. The molecule has 0 unspecified atom stereocenters. The predicted molar refractivity (Wildman–Crippen MR) is 46.9 cm³/mol. The summed E-state index contributed by atoms with van der Waals surface area (Å²) in [6, 6.07) is 0. The van der Waals surface area contributed by atoms with Crippen LogP contribution in [0.2, 0.25) is 0 Å². The van der Waals surface area contributed by atoms with Crippen LogP contribution in [-0.2, 0) is 4.79 Å². The summed E-state index contributed by atoms with van der Waals surface area (Å²) in [7, 11) is 0. The van der Waals surface area contributed by atoms with Gasteiger partial charge in [0.15, 0.2) is 0 Å². The molecule has 1 amide bonds. The van der Waals surface area contributed by atoms with Crippen LogP contribution in [0.15, 0.2) is 36.6 Å². The Hall–Kier alpha value is -1.31. The molecule has 2 nitrogen and oxygen atoms in total. The van der Waals surface area contributed by atoms with E-state index < -0.39 is 0 Å². The van der Waals surface area contributed by atoms with Crippen LogP contribution >= 0.6 is 0 Å². The van der Waals surface area contributed by atoms with Crippen LogP contribution in [0.1, 0.15) is 13.8 Å². The van der Waals surface area contributed by atoms with Crippen molar-refractivity contribution in [3.05, 3.63) is 36.6 Å². The molecule has 0 spiro atoms. The summed E-state index contributed by atoms with van der Waals surface area (Å²) in [5.41, 5.74) is 0.718. The Labute approximate surface area is 67.3 Å². The number of hydrogen-bond acceptors (Lipinski definition) is 1. The standard InChI is InChI=1S/C9H13NO/c1-4-6-7-9(5-2)10-8(3)11/h4-7H,2H2,1,3H3,(H,10,11)/b6-4-,9-7+. The van der Waals surface area contributed by atoms with Crippen LogP contribution in [-0.4, -0.2) is 5.91 Å². The highest BCUT2D eigenvalue weighted by molar-refractivity contribution is 5.75. The Kier molecular flexibility index (Phi) is 4.82. The molecule has 0 rings (SSSR count). The largest absolute Gasteiger partial charge is 0.326 e. The lowest BCUT2D eigenvalue weighted by atomic mass is 10.3. The molecule has 0 heterocycles. The van der Waals surface area contributed by atoms with Gasteiger partial charge < -0.3 is 5.32 Å². The van der Waals surface area contributed by atoms with Crippen molar-refractivity contribution in [1.82, 2.24) is 5.32 Å².